The van der Waals surface area contributed by atoms with E-state index >= 15 is 0 Å². The first-order valence-electron chi connectivity index (χ1n) is 10.5. The summed E-state index contributed by atoms with van der Waals surface area (Å²) >= 11 is 0. The number of fused-ring (bicyclic) bond motifs is 2. The van der Waals surface area contributed by atoms with Crippen LogP contribution in [0.4, 0.5) is 0 Å². The van der Waals surface area contributed by atoms with Crippen LogP contribution in [0.3, 0.4) is 0 Å². The Labute approximate surface area is 182 Å². The molecule has 0 unspecified atom stereocenters. The van der Waals surface area contributed by atoms with E-state index in [-0.39, 0.29) is 17.9 Å². The fourth-order valence-corrected chi connectivity index (χ4v) is 5.32. The molecule has 5 nitrogen and oxygen atoms in total. The minimum Gasteiger partial charge on any atom is -0.298 e. The Morgan fingerprint density at radius 3 is 1.41 bits per heavy atom. The van der Waals surface area contributed by atoms with Crippen LogP contribution in [0.2, 0.25) is 0 Å². The monoisotopic (exact) mass is 419 g/mol. The lowest BCUT2D eigenvalue weighted by Crippen LogP contribution is -2.44. The summed E-state index contributed by atoms with van der Waals surface area (Å²) in [5.74, 6) is -0.575. The molecule has 5 aromatic carbocycles. The Kier molecular flexibility index (Phi) is 3.61. The van der Waals surface area contributed by atoms with E-state index in [1.807, 2.05) is 38.1 Å². The van der Waals surface area contributed by atoms with E-state index in [2.05, 4.69) is 0 Å². The summed E-state index contributed by atoms with van der Waals surface area (Å²) in [5, 5.41) is 6.53. The largest absolute Gasteiger partial charge is 0.298 e. The lowest BCUT2D eigenvalue weighted by atomic mass is 9.83. The molecule has 154 valence electrons. The third kappa shape index (κ3) is 2.07. The van der Waals surface area contributed by atoms with Gasteiger partial charge in [0.25, 0.3) is 11.8 Å². The summed E-state index contributed by atoms with van der Waals surface area (Å²) in [6.45, 7) is 3.66. The highest BCUT2D eigenvalue weighted by molar-refractivity contribution is 6.39. The quantitative estimate of drug-likeness (QED) is 0.171. The number of carbonyl (C=O) groups excluding carboxylic acids is 4. The number of aldehydes is 2. The van der Waals surface area contributed by atoms with Gasteiger partial charge >= 0.3 is 0 Å². The van der Waals surface area contributed by atoms with Crippen LogP contribution < -0.4 is 0 Å². The second kappa shape index (κ2) is 6.20. The normalized spacial score (nSPS) is 13.9. The van der Waals surface area contributed by atoms with Gasteiger partial charge < -0.3 is 0 Å². The van der Waals surface area contributed by atoms with Crippen molar-refractivity contribution in [1.82, 2.24) is 4.90 Å². The summed E-state index contributed by atoms with van der Waals surface area (Å²) in [5.41, 5.74) is 1.95. The number of hydrogen-bond donors (Lipinski definition) is 0. The van der Waals surface area contributed by atoms with E-state index in [0.717, 1.165) is 44.9 Å². The average molecular weight is 419 g/mol. The molecule has 0 fully saturated rings. The first-order chi connectivity index (χ1) is 15.5. The number of carbonyl (C=O) groups is 4. The minimum atomic E-state index is -0.287. The van der Waals surface area contributed by atoms with Crippen molar-refractivity contribution >= 4 is 67.5 Å². The molecule has 0 aliphatic carbocycles. The van der Waals surface area contributed by atoms with E-state index in [0.29, 0.717) is 33.0 Å². The molecule has 1 heterocycles. The van der Waals surface area contributed by atoms with Crippen LogP contribution >= 0.6 is 0 Å². The second-order valence-electron chi connectivity index (χ2n) is 8.54. The third-order valence-corrected chi connectivity index (χ3v) is 6.63. The minimum absolute atomic E-state index is 0.247. The lowest BCUT2D eigenvalue weighted by Gasteiger charge is -2.31. The number of imide groups is 1. The van der Waals surface area contributed by atoms with Crippen molar-refractivity contribution in [3.8, 4) is 0 Å². The molecular weight excluding hydrogens is 402 g/mol. The molecular formula is C27H17NO4. The van der Waals surface area contributed by atoms with Crippen LogP contribution in [0.25, 0.3) is 43.1 Å². The van der Waals surface area contributed by atoms with E-state index in [4.69, 9.17) is 0 Å². The van der Waals surface area contributed by atoms with Crippen molar-refractivity contribution in [1.29, 1.82) is 0 Å². The summed E-state index contributed by atoms with van der Waals surface area (Å²) in [6.07, 6.45) is 1.53. The predicted octanol–water partition coefficient (Wildman–Crippen LogP) is 5.37. The standard InChI is InChI=1S/C27H17NO4/c1-13(2)28-26(31)20-9-7-18-16-5-3-14(11-29)22-15(12-30)4-6-17(23(16)22)19-8-10-21(27(28)32)25(20)24(18)19/h3-13H,1-2H3. The Morgan fingerprint density at radius 1 is 0.594 bits per heavy atom. The van der Waals surface area contributed by atoms with Gasteiger partial charge in [-0.2, -0.15) is 0 Å². The molecule has 1 aliphatic rings. The zero-order chi connectivity index (χ0) is 22.3. The molecule has 6 rings (SSSR count). The van der Waals surface area contributed by atoms with Crippen molar-refractivity contribution in [3.63, 3.8) is 0 Å². The van der Waals surface area contributed by atoms with Crippen LogP contribution in [-0.4, -0.2) is 35.3 Å². The van der Waals surface area contributed by atoms with Gasteiger partial charge in [-0.25, -0.2) is 0 Å². The summed E-state index contributed by atoms with van der Waals surface area (Å²) in [4.78, 5) is 51.2. The highest BCUT2D eigenvalue weighted by Gasteiger charge is 2.35. The highest BCUT2D eigenvalue weighted by Crippen LogP contribution is 2.44. The smallest absolute Gasteiger partial charge is 0.261 e. The summed E-state index contributed by atoms with van der Waals surface area (Å²) < 4.78 is 0. The van der Waals surface area contributed by atoms with Crippen LogP contribution in [-0.2, 0) is 0 Å². The number of nitrogens with zero attached hydrogens (tertiary/aromatic N) is 1. The van der Waals surface area contributed by atoms with Gasteiger partial charge in [0.05, 0.1) is 0 Å². The van der Waals surface area contributed by atoms with E-state index in [9.17, 15) is 19.2 Å². The molecule has 2 amide bonds. The molecule has 0 bridgehead atoms. The van der Waals surface area contributed by atoms with Gasteiger partial charge in [0, 0.05) is 39.1 Å². The summed E-state index contributed by atoms with van der Waals surface area (Å²) in [7, 11) is 0. The van der Waals surface area contributed by atoms with Gasteiger partial charge in [-0.1, -0.05) is 36.4 Å². The predicted molar refractivity (Wildman–Crippen MR) is 124 cm³/mol. The van der Waals surface area contributed by atoms with E-state index < -0.39 is 0 Å². The average Bonchev–Trinajstić information content (AvgIpc) is 2.80. The molecule has 5 aromatic rings. The molecule has 1 aliphatic heterocycles. The van der Waals surface area contributed by atoms with Gasteiger partial charge in [-0.05, 0) is 58.3 Å². The Morgan fingerprint density at radius 2 is 1.00 bits per heavy atom. The molecule has 0 radical (unpaired) electrons. The van der Waals surface area contributed by atoms with Gasteiger partial charge in [0.1, 0.15) is 0 Å². The van der Waals surface area contributed by atoms with Crippen molar-refractivity contribution < 1.29 is 19.2 Å². The third-order valence-electron chi connectivity index (χ3n) is 6.63. The zero-order valence-corrected chi connectivity index (χ0v) is 17.4. The van der Waals surface area contributed by atoms with Crippen molar-refractivity contribution in [3.05, 3.63) is 70.8 Å². The van der Waals surface area contributed by atoms with Crippen LogP contribution in [0.5, 0.6) is 0 Å². The summed E-state index contributed by atoms with van der Waals surface area (Å²) in [6, 6.07) is 14.3. The van der Waals surface area contributed by atoms with Gasteiger partial charge in [0.2, 0.25) is 0 Å². The van der Waals surface area contributed by atoms with E-state index in [1.165, 1.54) is 4.90 Å². The van der Waals surface area contributed by atoms with Gasteiger partial charge in [0.15, 0.2) is 12.6 Å². The number of amides is 2. The maximum absolute atomic E-state index is 13.2. The molecule has 0 aromatic heterocycles. The topological polar surface area (TPSA) is 71.5 Å². The van der Waals surface area contributed by atoms with Crippen molar-refractivity contribution in [2.24, 2.45) is 0 Å². The lowest BCUT2D eigenvalue weighted by molar-refractivity contribution is 0.0563. The number of hydrogen-bond acceptors (Lipinski definition) is 4. The number of benzene rings is 5. The maximum Gasteiger partial charge on any atom is 0.261 e. The van der Waals surface area contributed by atoms with Crippen LogP contribution in [0.15, 0.2) is 48.5 Å². The Balaban J connectivity index is 1.89. The molecule has 32 heavy (non-hydrogen) atoms. The van der Waals surface area contributed by atoms with E-state index in [1.54, 1.807) is 24.3 Å². The molecule has 5 heteroatoms. The fraction of sp³-hybridized carbons (Fsp3) is 0.111. The molecule has 0 atom stereocenters. The van der Waals surface area contributed by atoms with Gasteiger partial charge in [-0.3, -0.25) is 24.1 Å². The first-order valence-corrected chi connectivity index (χ1v) is 10.5. The van der Waals surface area contributed by atoms with Gasteiger partial charge in [-0.15, -0.1) is 0 Å². The van der Waals surface area contributed by atoms with Crippen molar-refractivity contribution in [2.45, 2.75) is 19.9 Å². The molecule has 0 N–H and O–H groups in total. The van der Waals surface area contributed by atoms with Crippen LogP contribution in [0, 0.1) is 0 Å². The molecule has 0 spiro atoms. The maximum atomic E-state index is 13.2. The Bertz CT molecular complexity index is 1570. The Hall–Kier alpha value is -4.12. The fourth-order valence-electron chi connectivity index (χ4n) is 5.32. The van der Waals surface area contributed by atoms with Crippen LogP contribution in [0.1, 0.15) is 55.3 Å². The second-order valence-corrected chi connectivity index (χ2v) is 8.54. The molecule has 0 saturated carbocycles. The number of rotatable bonds is 3. The first kappa shape index (κ1) is 18.6. The van der Waals surface area contributed by atoms with Crippen molar-refractivity contribution in [2.75, 3.05) is 0 Å². The molecule has 0 saturated heterocycles. The SMILES string of the molecule is CC(C)N1C(=O)c2ccc3c4ccc(C=O)c5c(C=O)ccc(c6ccc(c2c36)C1=O)c54. The highest BCUT2D eigenvalue weighted by atomic mass is 16.2. The zero-order valence-electron chi connectivity index (χ0n) is 17.4.